The summed E-state index contributed by atoms with van der Waals surface area (Å²) in [5, 5.41) is 3.22. The number of rotatable bonds is 5. The minimum atomic E-state index is -3.66. The summed E-state index contributed by atoms with van der Waals surface area (Å²) in [6, 6.07) is 4.60. The van der Waals surface area contributed by atoms with Crippen LogP contribution in [0.15, 0.2) is 32.9 Å². The highest BCUT2D eigenvalue weighted by molar-refractivity contribution is 7.89. The fraction of sp³-hybridized carbons (Fsp3) is 0.560. The molecule has 2 aromatic rings. The zero-order valence-corrected chi connectivity index (χ0v) is 21.2. The van der Waals surface area contributed by atoms with Crippen molar-refractivity contribution in [2.75, 3.05) is 33.3 Å². The zero-order valence-electron chi connectivity index (χ0n) is 20.3. The number of nitrogens with one attached hydrogen (secondary N) is 2. The van der Waals surface area contributed by atoms with Gasteiger partial charge in [-0.25, -0.2) is 13.4 Å². The van der Waals surface area contributed by atoms with E-state index in [1.807, 2.05) is 6.92 Å². The Bertz CT molecular complexity index is 1290. The Labute approximate surface area is 206 Å². The molecule has 3 aliphatic rings. The molecule has 10 heteroatoms. The second-order valence-corrected chi connectivity index (χ2v) is 11.5. The summed E-state index contributed by atoms with van der Waals surface area (Å²) in [6.45, 7) is 4.22. The maximum atomic E-state index is 13.3. The van der Waals surface area contributed by atoms with Gasteiger partial charge >= 0.3 is 0 Å². The first kappa shape index (κ1) is 24.1. The molecule has 0 bridgehead atoms. The van der Waals surface area contributed by atoms with Crippen molar-refractivity contribution in [1.29, 1.82) is 0 Å². The monoisotopic (exact) mass is 499 g/mol. The highest BCUT2D eigenvalue weighted by Crippen LogP contribution is 2.40. The molecule has 1 saturated carbocycles. The number of H-pyrrole nitrogens is 1. The number of nitrogens with zero attached hydrogens (tertiary/aromatic N) is 3. The molecule has 2 N–H and O–H groups in total. The van der Waals surface area contributed by atoms with Crippen molar-refractivity contribution in [3.8, 4) is 17.1 Å². The number of hydrogen-bond acceptors (Lipinski definition) is 7. The van der Waals surface area contributed by atoms with E-state index in [2.05, 4.69) is 10.3 Å². The second-order valence-electron chi connectivity index (χ2n) is 9.60. The van der Waals surface area contributed by atoms with Gasteiger partial charge in [0, 0.05) is 25.7 Å². The molecule has 188 valence electrons. The van der Waals surface area contributed by atoms with Gasteiger partial charge in [-0.05, 0) is 50.8 Å². The van der Waals surface area contributed by atoms with Gasteiger partial charge in [0.15, 0.2) is 0 Å². The van der Waals surface area contributed by atoms with Gasteiger partial charge in [0.2, 0.25) is 10.0 Å². The third-order valence-corrected chi connectivity index (χ3v) is 9.28. The lowest BCUT2D eigenvalue weighted by atomic mass is 9.82. The summed E-state index contributed by atoms with van der Waals surface area (Å²) in [7, 11) is -2.17. The number of aromatic nitrogens is 2. The van der Waals surface area contributed by atoms with Crippen LogP contribution in [0.4, 0.5) is 0 Å². The number of aromatic amines is 1. The number of sulfonamides is 1. The van der Waals surface area contributed by atoms with Gasteiger partial charge in [-0.3, -0.25) is 9.79 Å². The Balaban J connectivity index is 1.50. The molecule has 0 spiro atoms. The zero-order chi connectivity index (χ0) is 24.6. The summed E-state index contributed by atoms with van der Waals surface area (Å²) >= 11 is 0. The van der Waals surface area contributed by atoms with Crippen LogP contribution >= 0.6 is 0 Å². The van der Waals surface area contributed by atoms with Crippen molar-refractivity contribution in [1.82, 2.24) is 19.6 Å². The predicted molar refractivity (Wildman–Crippen MR) is 135 cm³/mol. The van der Waals surface area contributed by atoms with E-state index in [0.29, 0.717) is 53.9 Å². The molecule has 3 heterocycles. The average Bonchev–Trinajstić information content (AvgIpc) is 3.03. The molecule has 1 aliphatic carbocycles. The first-order valence-electron chi connectivity index (χ1n) is 12.5. The van der Waals surface area contributed by atoms with Gasteiger partial charge in [0.25, 0.3) is 5.56 Å². The summed E-state index contributed by atoms with van der Waals surface area (Å²) in [6.07, 6.45) is 6.52. The van der Waals surface area contributed by atoms with Crippen molar-refractivity contribution in [3.63, 3.8) is 0 Å². The molecule has 1 aromatic carbocycles. The minimum absolute atomic E-state index is 0.131. The Morgan fingerprint density at radius 2 is 1.89 bits per heavy atom. The second kappa shape index (κ2) is 9.83. The largest absolute Gasteiger partial charge is 0.496 e. The maximum absolute atomic E-state index is 13.3. The van der Waals surface area contributed by atoms with E-state index in [1.54, 1.807) is 12.1 Å². The van der Waals surface area contributed by atoms with Crippen LogP contribution in [0.5, 0.6) is 5.75 Å². The van der Waals surface area contributed by atoms with E-state index in [0.717, 1.165) is 31.5 Å². The van der Waals surface area contributed by atoms with Crippen LogP contribution < -0.4 is 15.6 Å². The molecule has 5 rings (SSSR count). The fourth-order valence-corrected chi connectivity index (χ4v) is 7.02. The van der Waals surface area contributed by atoms with E-state index in [-0.39, 0.29) is 16.5 Å². The lowest BCUT2D eigenvalue weighted by Gasteiger charge is -2.25. The highest BCUT2D eigenvalue weighted by Gasteiger charge is 2.35. The molecule has 1 saturated heterocycles. The normalized spacial score (nSPS) is 21.9. The first-order chi connectivity index (χ1) is 16.9. The number of methoxy groups -OCH3 is 1. The lowest BCUT2D eigenvalue weighted by Crippen LogP contribution is -2.34. The van der Waals surface area contributed by atoms with Crippen LogP contribution in [0.3, 0.4) is 0 Å². The van der Waals surface area contributed by atoms with Crippen LogP contribution in [-0.4, -0.2) is 61.7 Å². The van der Waals surface area contributed by atoms with Crippen molar-refractivity contribution in [3.05, 3.63) is 39.8 Å². The third kappa shape index (κ3) is 4.54. The number of fused-ring (bicyclic) bond motifs is 1. The van der Waals surface area contributed by atoms with Gasteiger partial charge in [0.05, 0.1) is 40.6 Å². The van der Waals surface area contributed by atoms with E-state index in [9.17, 15) is 13.2 Å². The van der Waals surface area contributed by atoms with Crippen LogP contribution in [0, 0.1) is 5.92 Å². The lowest BCUT2D eigenvalue weighted by molar-refractivity contribution is 0.310. The smallest absolute Gasteiger partial charge is 0.257 e. The van der Waals surface area contributed by atoms with Crippen LogP contribution in [0.2, 0.25) is 0 Å². The van der Waals surface area contributed by atoms with Gasteiger partial charge in [-0.1, -0.05) is 19.3 Å². The molecular formula is C25H33N5O4S. The van der Waals surface area contributed by atoms with E-state index >= 15 is 0 Å². The van der Waals surface area contributed by atoms with E-state index in [4.69, 9.17) is 14.7 Å². The number of benzene rings is 1. The molecule has 1 atom stereocenters. The Morgan fingerprint density at radius 3 is 2.66 bits per heavy atom. The Morgan fingerprint density at radius 1 is 1.09 bits per heavy atom. The first-order valence-corrected chi connectivity index (χ1v) is 13.9. The van der Waals surface area contributed by atoms with Gasteiger partial charge < -0.3 is 15.0 Å². The van der Waals surface area contributed by atoms with Gasteiger partial charge in [0.1, 0.15) is 11.6 Å². The summed E-state index contributed by atoms with van der Waals surface area (Å²) in [4.78, 5) is 26.0. The average molecular weight is 500 g/mol. The van der Waals surface area contributed by atoms with Gasteiger partial charge in [-0.2, -0.15) is 4.31 Å². The molecule has 0 radical (unpaired) electrons. The molecule has 1 aromatic heterocycles. The van der Waals surface area contributed by atoms with E-state index in [1.165, 1.54) is 36.7 Å². The number of hydrogen-bond donors (Lipinski definition) is 2. The van der Waals surface area contributed by atoms with Crippen molar-refractivity contribution < 1.29 is 13.2 Å². The van der Waals surface area contributed by atoms with Crippen molar-refractivity contribution >= 4 is 15.7 Å². The van der Waals surface area contributed by atoms with Crippen molar-refractivity contribution in [2.24, 2.45) is 10.9 Å². The molecular weight excluding hydrogens is 466 g/mol. The van der Waals surface area contributed by atoms with Crippen molar-refractivity contribution in [2.45, 2.75) is 56.4 Å². The van der Waals surface area contributed by atoms with E-state index < -0.39 is 10.0 Å². The molecule has 1 unspecified atom stereocenters. The predicted octanol–water partition coefficient (Wildman–Crippen LogP) is 2.87. The molecule has 9 nitrogen and oxygen atoms in total. The summed E-state index contributed by atoms with van der Waals surface area (Å²) in [5.41, 5.74) is 2.42. The van der Waals surface area contributed by atoms with Crippen LogP contribution in [0.1, 0.15) is 62.7 Å². The molecule has 35 heavy (non-hydrogen) atoms. The SMILES string of the molecule is COc1cc(S(=O)(=O)N2CCCNCC2)ccc1-c1nc2c(c(=O)[nH]1)C(C1CCCCC1)N=C2C. The third-order valence-electron chi connectivity index (χ3n) is 7.39. The van der Waals surface area contributed by atoms with Crippen LogP contribution in [-0.2, 0) is 10.0 Å². The number of aliphatic imine (C=N–C) groups is 1. The highest BCUT2D eigenvalue weighted by atomic mass is 32.2. The summed E-state index contributed by atoms with van der Waals surface area (Å²) < 4.78 is 33.6. The standard InChI is InChI=1S/C25H33N5O4S/c1-16-22-21(23(27-16)17-7-4-3-5-8-17)25(31)29-24(28-22)19-10-9-18(15-20(19)34-2)35(32,33)30-13-6-11-26-12-14-30/h9-10,15,17,23,26H,3-8,11-14H2,1-2H3,(H,28,29,31). The molecule has 2 aliphatic heterocycles. The quantitative estimate of drug-likeness (QED) is 0.653. The fourth-order valence-electron chi connectivity index (χ4n) is 5.52. The van der Waals surface area contributed by atoms with Gasteiger partial charge in [-0.15, -0.1) is 0 Å². The Hall–Kier alpha value is -2.56. The maximum Gasteiger partial charge on any atom is 0.257 e. The molecule has 0 amide bonds. The topological polar surface area (TPSA) is 117 Å². The summed E-state index contributed by atoms with van der Waals surface area (Å²) in [5.74, 6) is 1.08. The van der Waals surface area contributed by atoms with Crippen LogP contribution in [0.25, 0.3) is 11.4 Å². The number of ether oxygens (including phenoxy) is 1. The minimum Gasteiger partial charge on any atom is -0.496 e. The Kier molecular flexibility index (Phi) is 6.78. The molecule has 2 fully saturated rings.